The van der Waals surface area contributed by atoms with Crippen LogP contribution in [0.4, 0.5) is 0 Å². The molecule has 88 valence electrons. The molecule has 0 aromatic heterocycles. The Morgan fingerprint density at radius 3 is 2.25 bits per heavy atom. The molecule has 0 unspecified atom stereocenters. The monoisotopic (exact) mass is 217 g/mol. The number of nitrogens with zero attached hydrogens (tertiary/aromatic N) is 1. The van der Waals surface area contributed by atoms with Crippen LogP contribution in [0.2, 0.25) is 0 Å². The van der Waals surface area contributed by atoms with E-state index in [2.05, 4.69) is 39.0 Å². The second kappa shape index (κ2) is 7.93. The molecule has 0 spiro atoms. The molecule has 0 atom stereocenters. The van der Waals surface area contributed by atoms with E-state index in [1.54, 1.807) is 0 Å². The van der Waals surface area contributed by atoms with Gasteiger partial charge in [0, 0.05) is 5.57 Å². The summed E-state index contributed by atoms with van der Waals surface area (Å²) in [6, 6.07) is 2.24. The Morgan fingerprint density at radius 2 is 1.81 bits per heavy atom. The fourth-order valence-corrected chi connectivity index (χ4v) is 1.26. The van der Waals surface area contributed by atoms with Crippen molar-refractivity contribution in [2.24, 2.45) is 5.92 Å². The topological polar surface area (TPSA) is 23.8 Å². The van der Waals surface area contributed by atoms with Crippen LogP contribution in [0.25, 0.3) is 0 Å². The Morgan fingerprint density at radius 1 is 1.19 bits per heavy atom. The van der Waals surface area contributed by atoms with Crippen molar-refractivity contribution in [3.05, 3.63) is 34.9 Å². The molecule has 0 aromatic carbocycles. The quantitative estimate of drug-likeness (QED) is 0.369. The highest BCUT2D eigenvalue weighted by atomic mass is 14.2. The van der Waals surface area contributed by atoms with Crippen molar-refractivity contribution in [1.29, 1.82) is 5.26 Å². The smallest absolute Gasteiger partial charge is 0.0949 e. The lowest BCUT2D eigenvalue weighted by molar-refractivity contribution is 0.795. The third-order valence-corrected chi connectivity index (χ3v) is 2.39. The van der Waals surface area contributed by atoms with E-state index < -0.39 is 0 Å². The Hall–Kier alpha value is -1.29. The van der Waals surface area contributed by atoms with Crippen LogP contribution < -0.4 is 0 Å². The van der Waals surface area contributed by atoms with Gasteiger partial charge in [-0.2, -0.15) is 5.26 Å². The molecule has 0 amide bonds. The molecule has 0 aliphatic rings. The van der Waals surface area contributed by atoms with E-state index >= 15 is 0 Å². The van der Waals surface area contributed by atoms with Gasteiger partial charge in [0.1, 0.15) is 0 Å². The average molecular weight is 217 g/mol. The zero-order valence-corrected chi connectivity index (χ0v) is 11.2. The van der Waals surface area contributed by atoms with Crippen molar-refractivity contribution in [3.63, 3.8) is 0 Å². The van der Waals surface area contributed by atoms with Gasteiger partial charge in [-0.05, 0) is 45.6 Å². The van der Waals surface area contributed by atoms with Crippen LogP contribution >= 0.6 is 0 Å². The van der Waals surface area contributed by atoms with Crippen LogP contribution in [0.5, 0.6) is 0 Å². The summed E-state index contributed by atoms with van der Waals surface area (Å²) in [5, 5.41) is 8.90. The van der Waals surface area contributed by atoms with Crippen molar-refractivity contribution >= 4 is 0 Å². The number of hydrogen-bond acceptors (Lipinski definition) is 1. The average Bonchev–Trinajstić information content (AvgIpc) is 2.17. The van der Waals surface area contributed by atoms with Gasteiger partial charge in [-0.1, -0.05) is 37.1 Å². The summed E-state index contributed by atoms with van der Waals surface area (Å²) in [6.07, 6.45) is 8.41. The SMILES string of the molecule is CC(C)=CCC/C(C)=C/C=C(\C#N)C(C)C. The molecule has 1 heteroatoms. The maximum Gasteiger partial charge on any atom is 0.0949 e. The van der Waals surface area contributed by atoms with Crippen molar-refractivity contribution in [1.82, 2.24) is 0 Å². The molecule has 1 nitrogen and oxygen atoms in total. The van der Waals surface area contributed by atoms with Crippen molar-refractivity contribution in [2.45, 2.75) is 47.5 Å². The van der Waals surface area contributed by atoms with Gasteiger partial charge < -0.3 is 0 Å². The van der Waals surface area contributed by atoms with E-state index in [1.807, 2.05) is 19.9 Å². The van der Waals surface area contributed by atoms with Gasteiger partial charge in [0.25, 0.3) is 0 Å². The summed E-state index contributed by atoms with van der Waals surface area (Å²) in [7, 11) is 0. The summed E-state index contributed by atoms with van der Waals surface area (Å²) in [6.45, 7) is 10.4. The first-order chi connectivity index (χ1) is 7.47. The maximum absolute atomic E-state index is 8.90. The Bertz CT molecular complexity index is 331. The first-order valence-electron chi connectivity index (χ1n) is 5.88. The molecule has 0 bridgehead atoms. The number of allylic oxidation sites excluding steroid dienone is 6. The highest BCUT2D eigenvalue weighted by Crippen LogP contribution is 2.11. The van der Waals surface area contributed by atoms with Gasteiger partial charge in [0.05, 0.1) is 6.07 Å². The summed E-state index contributed by atoms with van der Waals surface area (Å²) in [5.41, 5.74) is 3.54. The maximum atomic E-state index is 8.90. The first-order valence-corrected chi connectivity index (χ1v) is 5.88. The lowest BCUT2D eigenvalue weighted by Crippen LogP contribution is -1.89. The van der Waals surface area contributed by atoms with E-state index in [1.165, 1.54) is 11.1 Å². The lowest BCUT2D eigenvalue weighted by atomic mass is 10.0. The largest absolute Gasteiger partial charge is 0.193 e. The lowest BCUT2D eigenvalue weighted by Gasteiger charge is -2.01. The van der Waals surface area contributed by atoms with Crippen LogP contribution in [0, 0.1) is 17.2 Å². The molecule has 0 fully saturated rings. The minimum Gasteiger partial charge on any atom is -0.193 e. The molecule has 0 aliphatic heterocycles. The third-order valence-electron chi connectivity index (χ3n) is 2.39. The molecular weight excluding hydrogens is 194 g/mol. The van der Waals surface area contributed by atoms with E-state index in [4.69, 9.17) is 5.26 Å². The molecule has 0 N–H and O–H groups in total. The van der Waals surface area contributed by atoms with Gasteiger partial charge in [0.15, 0.2) is 0 Å². The minimum absolute atomic E-state index is 0.312. The third kappa shape index (κ3) is 7.06. The number of rotatable bonds is 5. The molecule has 0 rings (SSSR count). The second-order valence-electron chi connectivity index (χ2n) is 4.72. The van der Waals surface area contributed by atoms with Crippen molar-refractivity contribution in [2.75, 3.05) is 0 Å². The molecule has 0 saturated heterocycles. The summed E-state index contributed by atoms with van der Waals surface area (Å²) in [5.74, 6) is 0.312. The summed E-state index contributed by atoms with van der Waals surface area (Å²) in [4.78, 5) is 0. The van der Waals surface area contributed by atoms with E-state index in [-0.39, 0.29) is 0 Å². The number of hydrogen-bond donors (Lipinski definition) is 0. The second-order valence-corrected chi connectivity index (χ2v) is 4.72. The highest BCUT2D eigenvalue weighted by Gasteiger charge is 1.99. The minimum atomic E-state index is 0.312. The molecule has 0 radical (unpaired) electrons. The van der Waals surface area contributed by atoms with Gasteiger partial charge in [-0.25, -0.2) is 0 Å². The van der Waals surface area contributed by atoms with E-state index in [0.29, 0.717) is 5.92 Å². The van der Waals surface area contributed by atoms with Crippen molar-refractivity contribution < 1.29 is 0 Å². The molecule has 0 saturated carbocycles. The van der Waals surface area contributed by atoms with Gasteiger partial charge in [-0.15, -0.1) is 0 Å². The Kier molecular flexibility index (Phi) is 7.29. The predicted molar refractivity (Wildman–Crippen MR) is 71.0 cm³/mol. The normalized spacial score (nSPS) is 12.6. The zero-order chi connectivity index (χ0) is 12.6. The molecule has 0 aromatic rings. The standard InChI is InChI=1S/C15H23N/c1-12(2)7-6-8-14(5)9-10-15(11-16)13(3)4/h7,9-10,13H,6,8H2,1-5H3/b14-9+,15-10+. The van der Waals surface area contributed by atoms with Crippen molar-refractivity contribution in [3.8, 4) is 6.07 Å². The fraction of sp³-hybridized carbons (Fsp3) is 0.533. The van der Waals surface area contributed by atoms with E-state index in [9.17, 15) is 0 Å². The van der Waals surface area contributed by atoms with Crippen LogP contribution in [0.3, 0.4) is 0 Å². The summed E-state index contributed by atoms with van der Waals surface area (Å²) >= 11 is 0. The Balaban J connectivity index is 4.34. The fourth-order valence-electron chi connectivity index (χ4n) is 1.26. The highest BCUT2D eigenvalue weighted by molar-refractivity contribution is 5.28. The predicted octanol–water partition coefficient (Wildman–Crippen LogP) is 4.79. The van der Waals surface area contributed by atoms with Crippen LogP contribution in [-0.4, -0.2) is 0 Å². The molecule has 16 heavy (non-hydrogen) atoms. The first kappa shape index (κ1) is 14.7. The zero-order valence-electron chi connectivity index (χ0n) is 11.2. The van der Waals surface area contributed by atoms with Gasteiger partial charge in [-0.3, -0.25) is 0 Å². The van der Waals surface area contributed by atoms with Gasteiger partial charge in [0.2, 0.25) is 0 Å². The van der Waals surface area contributed by atoms with Gasteiger partial charge >= 0.3 is 0 Å². The Labute approximate surface area is 100 Å². The van der Waals surface area contributed by atoms with Crippen LogP contribution in [0.15, 0.2) is 34.9 Å². The molecular formula is C15H23N. The molecule has 0 heterocycles. The summed E-state index contributed by atoms with van der Waals surface area (Å²) < 4.78 is 0. The molecule has 0 aliphatic carbocycles. The van der Waals surface area contributed by atoms with E-state index in [0.717, 1.165) is 18.4 Å². The van der Waals surface area contributed by atoms with Crippen LogP contribution in [-0.2, 0) is 0 Å². The van der Waals surface area contributed by atoms with Crippen LogP contribution in [0.1, 0.15) is 47.5 Å². The number of nitriles is 1.